The van der Waals surface area contributed by atoms with Crippen LogP contribution in [-0.4, -0.2) is 38.3 Å². The molecule has 1 radical (unpaired) electrons. The van der Waals surface area contributed by atoms with Crippen LogP contribution in [0.5, 0.6) is 0 Å². The molecule has 0 saturated heterocycles. The average molecular weight is 183 g/mol. The molecule has 1 aromatic carbocycles. The smallest absolute Gasteiger partial charge is 0.189 e. The van der Waals surface area contributed by atoms with E-state index in [4.69, 9.17) is 4.55 Å². The zero-order chi connectivity index (χ0) is 7.56. The molecule has 1 rings (SSSR count). The number of benzene rings is 1. The van der Waals surface area contributed by atoms with Crippen LogP contribution in [-0.2, 0) is 11.1 Å². The first-order chi connectivity index (χ1) is 4.72. The summed E-state index contributed by atoms with van der Waals surface area (Å²) in [7, 11) is 0. The zero-order valence-electron chi connectivity index (χ0n) is 5.95. The minimum atomic E-state index is -2.22. The van der Waals surface area contributed by atoms with Crippen molar-refractivity contribution >= 4 is 40.6 Å². The van der Waals surface area contributed by atoms with Crippen LogP contribution in [0.2, 0.25) is 0 Å². The van der Waals surface area contributed by atoms with Crippen molar-refractivity contribution < 1.29 is 13.2 Å². The van der Waals surface area contributed by atoms with Crippen molar-refractivity contribution in [2.75, 3.05) is 0 Å². The minimum absolute atomic E-state index is 0. The van der Waals surface area contributed by atoms with Gasteiger partial charge in [-0.2, -0.15) is 0 Å². The Morgan fingerprint density at radius 3 is 2.27 bits per heavy atom. The summed E-state index contributed by atoms with van der Waals surface area (Å²) in [5.74, 6) is -0.650. The molecule has 2 nitrogen and oxygen atoms in total. The van der Waals surface area contributed by atoms with Crippen molar-refractivity contribution in [1.82, 2.24) is 0 Å². The van der Waals surface area contributed by atoms with Crippen LogP contribution >= 0.6 is 0 Å². The van der Waals surface area contributed by atoms with Gasteiger partial charge in [0.05, 0.1) is 0 Å². The van der Waals surface area contributed by atoms with Crippen molar-refractivity contribution in [1.29, 1.82) is 0 Å². The average Bonchev–Trinajstić information content (AvgIpc) is 1.88. The van der Waals surface area contributed by atoms with Crippen LogP contribution in [0, 0.1) is 5.82 Å². The zero-order valence-corrected chi connectivity index (χ0v) is 8.77. The third kappa shape index (κ3) is 3.01. The summed E-state index contributed by atoms with van der Waals surface area (Å²) < 4.78 is 31.2. The van der Waals surface area contributed by atoms with Gasteiger partial charge in [-0.1, -0.05) is 12.1 Å². The Morgan fingerprint density at radius 2 is 1.91 bits per heavy atom. The molecule has 0 amide bonds. The summed E-state index contributed by atoms with van der Waals surface area (Å²) in [6.45, 7) is 0. The van der Waals surface area contributed by atoms with Gasteiger partial charge in [-0.3, -0.25) is 0 Å². The molecule has 0 aromatic heterocycles. The molecule has 1 atom stereocenters. The van der Waals surface area contributed by atoms with Gasteiger partial charge in [-0.05, 0) is 12.1 Å². The fourth-order valence-electron chi connectivity index (χ4n) is 0.586. The van der Waals surface area contributed by atoms with E-state index in [1.54, 1.807) is 0 Å². The fourth-order valence-corrected chi connectivity index (χ4v) is 1.02. The molecule has 1 N–H and O–H groups in total. The number of hydrogen-bond acceptors (Lipinski definition) is 1. The maximum absolute atomic E-state index is 12.5. The Labute approximate surface area is 88.4 Å². The van der Waals surface area contributed by atoms with Crippen molar-refractivity contribution in [2.24, 2.45) is 0 Å². The molecule has 0 aliphatic heterocycles. The molecule has 0 heterocycles. The van der Waals surface area contributed by atoms with Gasteiger partial charge in [-0.25, -0.2) is 8.60 Å². The third-order valence-electron chi connectivity index (χ3n) is 1.02. The van der Waals surface area contributed by atoms with Gasteiger partial charge in [0.1, 0.15) is 10.7 Å². The van der Waals surface area contributed by atoms with Gasteiger partial charge in [0, 0.05) is 29.6 Å². The van der Waals surface area contributed by atoms with Crippen LogP contribution in [0.15, 0.2) is 29.2 Å². The molecule has 0 spiro atoms. The van der Waals surface area contributed by atoms with Crippen LogP contribution in [0.25, 0.3) is 0 Å². The summed E-state index contributed by atoms with van der Waals surface area (Å²) in [5.41, 5.74) is 0. The molecule has 5 heteroatoms. The molecule has 0 aliphatic rings. The molecule has 0 saturated carbocycles. The second kappa shape index (κ2) is 5.00. The Bertz CT molecular complexity index is 267. The van der Waals surface area contributed by atoms with Gasteiger partial charge in [0.15, 0.2) is 11.1 Å². The summed E-state index contributed by atoms with van der Waals surface area (Å²) >= 11 is -2.22. The van der Waals surface area contributed by atoms with E-state index in [0.717, 1.165) is 6.07 Å². The quantitative estimate of drug-likeness (QED) is 0.521. The summed E-state index contributed by atoms with van der Waals surface area (Å²) in [6.07, 6.45) is 0. The summed E-state index contributed by atoms with van der Waals surface area (Å²) in [5, 5.41) is 0. The van der Waals surface area contributed by atoms with E-state index in [1.807, 2.05) is 0 Å². The minimum Gasteiger partial charge on any atom is -0.302 e. The monoisotopic (exact) mass is 183 g/mol. The second-order valence-corrected chi connectivity index (χ2v) is 2.62. The van der Waals surface area contributed by atoms with E-state index in [2.05, 4.69) is 0 Å². The topological polar surface area (TPSA) is 37.3 Å². The third-order valence-corrected chi connectivity index (χ3v) is 1.73. The Balaban J connectivity index is 0.000001000. The first kappa shape index (κ1) is 11.3. The number of hydrogen-bond donors (Lipinski definition) is 1. The van der Waals surface area contributed by atoms with E-state index in [0.29, 0.717) is 0 Å². The van der Waals surface area contributed by atoms with Crippen molar-refractivity contribution in [2.45, 2.75) is 4.90 Å². The van der Waals surface area contributed by atoms with Crippen LogP contribution < -0.4 is 0 Å². The standard InChI is InChI=1S/C6H5FO2S.Na/c7-5-3-1-2-4-6(5)10(8)9;/h1-4H,(H,8,9);. The van der Waals surface area contributed by atoms with Crippen LogP contribution in [0.3, 0.4) is 0 Å². The van der Waals surface area contributed by atoms with Gasteiger partial charge in [0.25, 0.3) is 0 Å². The van der Waals surface area contributed by atoms with Gasteiger partial charge in [-0.15, -0.1) is 0 Å². The molecule has 1 aromatic rings. The summed E-state index contributed by atoms with van der Waals surface area (Å²) in [4.78, 5) is -0.178. The maximum Gasteiger partial charge on any atom is 0.189 e. The van der Waals surface area contributed by atoms with Gasteiger partial charge in [0.2, 0.25) is 0 Å². The second-order valence-electron chi connectivity index (χ2n) is 1.68. The van der Waals surface area contributed by atoms with Crippen LogP contribution in [0.1, 0.15) is 0 Å². The first-order valence-corrected chi connectivity index (χ1v) is 3.68. The van der Waals surface area contributed by atoms with E-state index >= 15 is 0 Å². The molecule has 11 heavy (non-hydrogen) atoms. The van der Waals surface area contributed by atoms with Crippen molar-refractivity contribution in [3.05, 3.63) is 30.1 Å². The Kier molecular flexibility index (Phi) is 5.12. The van der Waals surface area contributed by atoms with E-state index in [9.17, 15) is 8.60 Å². The molecule has 55 valence electrons. The first-order valence-electron chi connectivity index (χ1n) is 2.57. The Hall–Kier alpha value is 0.260. The molecular formula is C6H5FNaO2S. The predicted octanol–water partition coefficient (Wildman–Crippen LogP) is 1.03. The molecule has 1 unspecified atom stereocenters. The maximum atomic E-state index is 12.5. The van der Waals surface area contributed by atoms with Gasteiger partial charge >= 0.3 is 0 Å². The molecule has 0 fully saturated rings. The summed E-state index contributed by atoms with van der Waals surface area (Å²) in [6, 6.07) is 5.38. The van der Waals surface area contributed by atoms with E-state index in [-0.39, 0.29) is 34.5 Å². The largest absolute Gasteiger partial charge is 0.302 e. The van der Waals surface area contributed by atoms with Crippen LogP contribution in [0.4, 0.5) is 4.39 Å². The predicted molar refractivity (Wildman–Crippen MR) is 41.2 cm³/mol. The SMILES string of the molecule is O=S(O)c1ccccc1F.[Na]. The fraction of sp³-hybridized carbons (Fsp3) is 0. The normalized spacial score (nSPS) is 11.8. The van der Waals surface area contributed by atoms with Crippen molar-refractivity contribution in [3.63, 3.8) is 0 Å². The molecular weight excluding hydrogens is 178 g/mol. The Morgan fingerprint density at radius 1 is 1.36 bits per heavy atom. The number of halogens is 1. The van der Waals surface area contributed by atoms with Gasteiger partial charge < -0.3 is 4.55 Å². The van der Waals surface area contributed by atoms with E-state index in [1.165, 1.54) is 18.2 Å². The molecule has 0 aliphatic carbocycles. The number of rotatable bonds is 1. The van der Waals surface area contributed by atoms with Crippen molar-refractivity contribution in [3.8, 4) is 0 Å². The molecule has 0 bridgehead atoms. The van der Waals surface area contributed by atoms with E-state index < -0.39 is 16.9 Å².